The molecule has 0 aromatic rings. The number of carbonyl (C=O) groups is 1. The Labute approximate surface area is 117 Å². The van der Waals surface area contributed by atoms with Crippen LogP contribution in [0, 0.1) is 0 Å². The first-order valence-electron chi connectivity index (χ1n) is 7.79. The van der Waals surface area contributed by atoms with Crippen LogP contribution in [-0.4, -0.2) is 38.4 Å². The van der Waals surface area contributed by atoms with Crippen molar-refractivity contribution in [3.63, 3.8) is 0 Å². The van der Waals surface area contributed by atoms with Gasteiger partial charge in [-0.05, 0) is 45.6 Å². The number of esters is 1. The first kappa shape index (κ1) is 16.4. The van der Waals surface area contributed by atoms with Crippen LogP contribution in [0.25, 0.3) is 0 Å². The molecule has 1 aliphatic heterocycles. The zero-order valence-corrected chi connectivity index (χ0v) is 12.3. The number of hydrogen-bond donors (Lipinski definition) is 1. The average Bonchev–Trinajstić information content (AvgIpc) is 2.43. The van der Waals surface area contributed by atoms with Crippen LogP contribution in [0.4, 0.5) is 0 Å². The standard InChI is InChI=1S/C15H29NO3/c1-2-19-15(17)9-4-3-7-12-18-13-10-14-8-5-6-11-16-14/h14,16H,2-13H2,1H3. The summed E-state index contributed by atoms with van der Waals surface area (Å²) < 4.78 is 10.5. The molecule has 0 spiro atoms. The van der Waals surface area contributed by atoms with Gasteiger partial charge in [0.25, 0.3) is 0 Å². The van der Waals surface area contributed by atoms with Crippen LogP contribution in [0.3, 0.4) is 0 Å². The van der Waals surface area contributed by atoms with Gasteiger partial charge in [0.2, 0.25) is 0 Å². The summed E-state index contributed by atoms with van der Waals surface area (Å²) in [5.74, 6) is -0.0770. The Morgan fingerprint density at radius 3 is 2.84 bits per heavy atom. The third-order valence-corrected chi connectivity index (χ3v) is 3.50. The van der Waals surface area contributed by atoms with E-state index in [0.717, 1.165) is 38.9 Å². The number of rotatable bonds is 10. The number of hydrogen-bond acceptors (Lipinski definition) is 4. The SMILES string of the molecule is CCOC(=O)CCCCCOCCC1CCCCN1. The minimum Gasteiger partial charge on any atom is -0.466 e. The topological polar surface area (TPSA) is 47.6 Å². The Kier molecular flexibility index (Phi) is 9.72. The maximum Gasteiger partial charge on any atom is 0.305 e. The molecule has 0 bridgehead atoms. The van der Waals surface area contributed by atoms with Crippen LogP contribution in [0.2, 0.25) is 0 Å². The molecule has 0 aromatic carbocycles. The van der Waals surface area contributed by atoms with E-state index >= 15 is 0 Å². The second-order valence-corrected chi connectivity index (χ2v) is 5.16. The smallest absolute Gasteiger partial charge is 0.305 e. The van der Waals surface area contributed by atoms with E-state index in [-0.39, 0.29) is 5.97 Å². The number of carbonyl (C=O) groups excluding carboxylic acids is 1. The van der Waals surface area contributed by atoms with Crippen LogP contribution in [0.5, 0.6) is 0 Å². The van der Waals surface area contributed by atoms with E-state index in [0.29, 0.717) is 19.1 Å². The molecule has 1 rings (SSSR count). The van der Waals surface area contributed by atoms with Crippen molar-refractivity contribution in [3.05, 3.63) is 0 Å². The summed E-state index contributed by atoms with van der Waals surface area (Å²) in [6, 6.07) is 0.664. The molecular formula is C15H29NO3. The van der Waals surface area contributed by atoms with Gasteiger partial charge in [0.05, 0.1) is 6.61 Å². The van der Waals surface area contributed by atoms with Gasteiger partial charge in [0, 0.05) is 25.7 Å². The second-order valence-electron chi connectivity index (χ2n) is 5.16. The van der Waals surface area contributed by atoms with E-state index in [2.05, 4.69) is 5.32 Å². The molecule has 0 amide bonds. The lowest BCUT2D eigenvalue weighted by molar-refractivity contribution is -0.143. The predicted octanol–water partition coefficient (Wildman–Crippen LogP) is 2.66. The highest BCUT2D eigenvalue weighted by Gasteiger charge is 2.11. The highest BCUT2D eigenvalue weighted by Crippen LogP contribution is 2.10. The second kappa shape index (κ2) is 11.2. The monoisotopic (exact) mass is 271 g/mol. The van der Waals surface area contributed by atoms with Crippen LogP contribution in [0.1, 0.15) is 58.3 Å². The fourth-order valence-corrected chi connectivity index (χ4v) is 2.38. The fourth-order valence-electron chi connectivity index (χ4n) is 2.38. The van der Waals surface area contributed by atoms with Gasteiger partial charge in [-0.25, -0.2) is 0 Å². The van der Waals surface area contributed by atoms with Gasteiger partial charge in [0.15, 0.2) is 0 Å². The molecule has 0 aliphatic carbocycles. The first-order chi connectivity index (χ1) is 9.33. The van der Waals surface area contributed by atoms with Crippen molar-refractivity contribution in [2.75, 3.05) is 26.4 Å². The zero-order chi connectivity index (χ0) is 13.8. The summed E-state index contributed by atoms with van der Waals surface area (Å²) in [5, 5.41) is 3.52. The Bertz CT molecular complexity index is 227. The Balaban J connectivity index is 1.79. The Hall–Kier alpha value is -0.610. The summed E-state index contributed by atoms with van der Waals surface area (Å²) >= 11 is 0. The normalized spacial score (nSPS) is 19.3. The molecule has 0 aromatic heterocycles. The maximum absolute atomic E-state index is 11.1. The molecule has 0 saturated carbocycles. The number of unbranched alkanes of at least 4 members (excludes halogenated alkanes) is 2. The quantitative estimate of drug-likeness (QED) is 0.490. The van der Waals surface area contributed by atoms with Gasteiger partial charge in [-0.1, -0.05) is 12.8 Å². The van der Waals surface area contributed by atoms with Crippen molar-refractivity contribution in [3.8, 4) is 0 Å². The molecule has 1 unspecified atom stereocenters. The lowest BCUT2D eigenvalue weighted by Crippen LogP contribution is -2.34. The maximum atomic E-state index is 11.1. The molecule has 1 fully saturated rings. The van der Waals surface area contributed by atoms with Crippen molar-refractivity contribution in [1.29, 1.82) is 0 Å². The summed E-state index contributed by atoms with van der Waals surface area (Å²) in [5.41, 5.74) is 0. The Morgan fingerprint density at radius 1 is 1.21 bits per heavy atom. The van der Waals surface area contributed by atoms with Gasteiger partial charge in [-0.15, -0.1) is 0 Å². The number of nitrogens with one attached hydrogen (secondary N) is 1. The van der Waals surface area contributed by atoms with Crippen molar-refractivity contribution >= 4 is 5.97 Å². The van der Waals surface area contributed by atoms with Crippen LogP contribution < -0.4 is 5.32 Å². The van der Waals surface area contributed by atoms with E-state index in [9.17, 15) is 4.79 Å². The van der Waals surface area contributed by atoms with Crippen molar-refractivity contribution < 1.29 is 14.3 Å². The lowest BCUT2D eigenvalue weighted by Gasteiger charge is -2.23. The van der Waals surface area contributed by atoms with Crippen LogP contribution in [-0.2, 0) is 14.3 Å². The summed E-state index contributed by atoms with van der Waals surface area (Å²) in [6.45, 7) is 5.16. The third-order valence-electron chi connectivity index (χ3n) is 3.50. The highest BCUT2D eigenvalue weighted by atomic mass is 16.5. The lowest BCUT2D eigenvalue weighted by atomic mass is 10.0. The molecule has 112 valence electrons. The minimum absolute atomic E-state index is 0.0770. The molecule has 1 atom stereocenters. The molecular weight excluding hydrogens is 242 g/mol. The summed E-state index contributed by atoms with van der Waals surface area (Å²) in [4.78, 5) is 11.1. The van der Waals surface area contributed by atoms with E-state index in [1.807, 2.05) is 6.92 Å². The van der Waals surface area contributed by atoms with Gasteiger partial charge < -0.3 is 14.8 Å². The Morgan fingerprint density at radius 2 is 2.11 bits per heavy atom. The molecule has 1 saturated heterocycles. The van der Waals surface area contributed by atoms with E-state index in [4.69, 9.17) is 9.47 Å². The van der Waals surface area contributed by atoms with E-state index in [1.165, 1.54) is 25.8 Å². The largest absolute Gasteiger partial charge is 0.466 e. The van der Waals surface area contributed by atoms with Crippen molar-refractivity contribution in [2.45, 2.75) is 64.3 Å². The summed E-state index contributed by atoms with van der Waals surface area (Å²) in [7, 11) is 0. The summed E-state index contributed by atoms with van der Waals surface area (Å²) in [6.07, 6.45) is 8.62. The molecule has 0 radical (unpaired) electrons. The molecule has 1 aliphatic rings. The van der Waals surface area contributed by atoms with E-state index in [1.54, 1.807) is 0 Å². The van der Waals surface area contributed by atoms with Crippen LogP contribution >= 0.6 is 0 Å². The fraction of sp³-hybridized carbons (Fsp3) is 0.933. The minimum atomic E-state index is -0.0770. The number of ether oxygens (including phenoxy) is 2. The predicted molar refractivity (Wildman–Crippen MR) is 76.2 cm³/mol. The van der Waals surface area contributed by atoms with Crippen molar-refractivity contribution in [1.82, 2.24) is 5.32 Å². The zero-order valence-electron chi connectivity index (χ0n) is 12.3. The third kappa shape index (κ3) is 9.00. The van der Waals surface area contributed by atoms with Crippen molar-refractivity contribution in [2.24, 2.45) is 0 Å². The first-order valence-corrected chi connectivity index (χ1v) is 7.79. The van der Waals surface area contributed by atoms with Gasteiger partial charge in [-0.2, -0.15) is 0 Å². The van der Waals surface area contributed by atoms with E-state index < -0.39 is 0 Å². The number of piperidine rings is 1. The average molecular weight is 271 g/mol. The molecule has 4 heteroatoms. The van der Waals surface area contributed by atoms with Gasteiger partial charge >= 0.3 is 5.97 Å². The molecule has 19 heavy (non-hydrogen) atoms. The van der Waals surface area contributed by atoms with Gasteiger partial charge in [0.1, 0.15) is 0 Å². The molecule has 4 nitrogen and oxygen atoms in total. The highest BCUT2D eigenvalue weighted by molar-refractivity contribution is 5.69. The molecule has 1 heterocycles. The molecule has 1 N–H and O–H groups in total. The van der Waals surface area contributed by atoms with Gasteiger partial charge in [-0.3, -0.25) is 4.79 Å². The van der Waals surface area contributed by atoms with Crippen LogP contribution in [0.15, 0.2) is 0 Å².